The van der Waals surface area contributed by atoms with Gasteiger partial charge in [-0.15, -0.1) is 0 Å². The minimum absolute atomic E-state index is 0.0127. The van der Waals surface area contributed by atoms with E-state index in [1.54, 1.807) is 11.9 Å². The minimum Gasteiger partial charge on any atom is -0.484 e. The lowest BCUT2D eigenvalue weighted by molar-refractivity contribution is -0.141. The lowest BCUT2D eigenvalue weighted by Gasteiger charge is -2.35. The Labute approximate surface area is 179 Å². The summed E-state index contributed by atoms with van der Waals surface area (Å²) in [5.74, 6) is 0.308. The second kappa shape index (κ2) is 10.4. The number of amides is 3. The van der Waals surface area contributed by atoms with Crippen molar-refractivity contribution in [2.75, 3.05) is 52.9 Å². The molecule has 0 spiro atoms. The number of hydrogen-bond acceptors (Lipinski definition) is 5. The number of ether oxygens (including phenoxy) is 1. The fraction of sp³-hybridized carbons (Fsp3) is 0.591. The van der Waals surface area contributed by atoms with Crippen LogP contribution in [0.4, 0.5) is 0 Å². The highest BCUT2D eigenvalue weighted by molar-refractivity contribution is 5.85. The van der Waals surface area contributed by atoms with Crippen molar-refractivity contribution >= 4 is 17.7 Å². The highest BCUT2D eigenvalue weighted by atomic mass is 16.5. The zero-order chi connectivity index (χ0) is 22.3. The van der Waals surface area contributed by atoms with E-state index in [1.165, 1.54) is 4.90 Å². The Bertz CT molecular complexity index is 752. The van der Waals surface area contributed by atoms with Crippen LogP contribution in [0, 0.1) is 6.92 Å². The highest BCUT2D eigenvalue weighted by Gasteiger charge is 2.25. The number of nitrogens with zero attached hydrogens (tertiary/aromatic N) is 3. The molecular formula is C22H34N4O4. The van der Waals surface area contributed by atoms with Crippen LogP contribution in [0.5, 0.6) is 5.75 Å². The van der Waals surface area contributed by atoms with Crippen LogP contribution in [0.25, 0.3) is 0 Å². The first-order valence-corrected chi connectivity index (χ1v) is 10.3. The van der Waals surface area contributed by atoms with Gasteiger partial charge in [0.25, 0.3) is 5.91 Å². The van der Waals surface area contributed by atoms with E-state index in [0.717, 1.165) is 5.56 Å². The van der Waals surface area contributed by atoms with Crippen molar-refractivity contribution < 1.29 is 19.1 Å². The fourth-order valence-electron chi connectivity index (χ4n) is 3.18. The number of aryl methyl sites for hydroxylation is 1. The van der Waals surface area contributed by atoms with Gasteiger partial charge in [0.05, 0.1) is 13.1 Å². The zero-order valence-electron chi connectivity index (χ0n) is 18.7. The Balaban J connectivity index is 1.72. The van der Waals surface area contributed by atoms with Gasteiger partial charge in [-0.25, -0.2) is 0 Å². The van der Waals surface area contributed by atoms with Gasteiger partial charge < -0.3 is 19.9 Å². The Morgan fingerprint density at radius 2 is 1.73 bits per heavy atom. The second-order valence-corrected chi connectivity index (χ2v) is 8.76. The van der Waals surface area contributed by atoms with Gasteiger partial charge in [-0.3, -0.25) is 19.3 Å². The molecular weight excluding hydrogens is 384 g/mol. The topological polar surface area (TPSA) is 82.2 Å². The summed E-state index contributed by atoms with van der Waals surface area (Å²) in [6, 6.07) is 7.49. The van der Waals surface area contributed by atoms with E-state index in [9.17, 15) is 14.4 Å². The molecule has 0 unspecified atom stereocenters. The molecule has 1 aliphatic rings. The Hall–Kier alpha value is -2.61. The largest absolute Gasteiger partial charge is 0.484 e. The van der Waals surface area contributed by atoms with Crippen LogP contribution >= 0.6 is 0 Å². The molecule has 0 saturated carbocycles. The fourth-order valence-corrected chi connectivity index (χ4v) is 3.18. The SMILES string of the molecule is Cc1ccccc1OCC(=O)N(C)CC(=O)N1CCN(CC(=O)NC(C)(C)C)CC1. The first kappa shape index (κ1) is 23.7. The number of nitrogens with one attached hydrogen (secondary N) is 1. The van der Waals surface area contributed by atoms with E-state index in [0.29, 0.717) is 38.5 Å². The molecule has 1 aromatic rings. The van der Waals surface area contributed by atoms with Crippen LogP contribution < -0.4 is 10.1 Å². The molecule has 2 rings (SSSR count). The molecule has 30 heavy (non-hydrogen) atoms. The lowest BCUT2D eigenvalue weighted by atomic mass is 10.1. The summed E-state index contributed by atoms with van der Waals surface area (Å²) < 4.78 is 5.57. The van der Waals surface area contributed by atoms with Crippen molar-refractivity contribution in [3.8, 4) is 5.75 Å². The number of para-hydroxylation sites is 1. The predicted molar refractivity (Wildman–Crippen MR) is 115 cm³/mol. The van der Waals surface area contributed by atoms with Gasteiger partial charge in [-0.1, -0.05) is 18.2 Å². The molecule has 1 fully saturated rings. The number of rotatable bonds is 7. The third-order valence-electron chi connectivity index (χ3n) is 4.85. The summed E-state index contributed by atoms with van der Waals surface area (Å²) >= 11 is 0. The third-order valence-corrected chi connectivity index (χ3v) is 4.85. The van der Waals surface area contributed by atoms with Crippen LogP contribution in [-0.4, -0.2) is 90.9 Å². The molecule has 1 saturated heterocycles. The average molecular weight is 419 g/mol. The van der Waals surface area contributed by atoms with Gasteiger partial charge in [-0.2, -0.15) is 0 Å². The Morgan fingerprint density at radius 1 is 1.10 bits per heavy atom. The third kappa shape index (κ3) is 7.67. The second-order valence-electron chi connectivity index (χ2n) is 8.76. The van der Waals surface area contributed by atoms with Crippen molar-refractivity contribution in [3.63, 3.8) is 0 Å². The normalized spacial score (nSPS) is 14.9. The predicted octanol–water partition coefficient (Wildman–Crippen LogP) is 0.891. The number of benzene rings is 1. The Kier molecular flexibility index (Phi) is 8.23. The number of piperazine rings is 1. The van der Waals surface area contributed by atoms with Crippen LogP contribution in [0.1, 0.15) is 26.3 Å². The summed E-state index contributed by atoms with van der Waals surface area (Å²) in [5.41, 5.74) is 0.702. The van der Waals surface area contributed by atoms with E-state index in [4.69, 9.17) is 4.74 Å². The molecule has 3 amide bonds. The van der Waals surface area contributed by atoms with Gasteiger partial charge in [-0.05, 0) is 39.3 Å². The van der Waals surface area contributed by atoms with Crippen molar-refractivity contribution in [2.24, 2.45) is 0 Å². The molecule has 1 heterocycles. The van der Waals surface area contributed by atoms with E-state index in [2.05, 4.69) is 5.32 Å². The van der Waals surface area contributed by atoms with Crippen LogP contribution in [-0.2, 0) is 14.4 Å². The number of carbonyl (C=O) groups is 3. The van der Waals surface area contributed by atoms with Crippen molar-refractivity contribution in [3.05, 3.63) is 29.8 Å². The molecule has 1 aliphatic heterocycles. The molecule has 166 valence electrons. The standard InChI is InChI=1S/C22H34N4O4/c1-17-8-6-7-9-18(17)30-16-21(29)24(5)15-20(28)26-12-10-25(11-13-26)14-19(27)23-22(2,3)4/h6-9H,10-16H2,1-5H3,(H,23,27). The first-order chi connectivity index (χ1) is 14.0. The molecule has 1 aromatic carbocycles. The molecule has 8 heteroatoms. The zero-order valence-corrected chi connectivity index (χ0v) is 18.7. The number of likely N-dealkylation sites (N-methyl/N-ethyl adjacent to an activating group) is 1. The summed E-state index contributed by atoms with van der Waals surface area (Å²) in [6.45, 7) is 10.4. The first-order valence-electron chi connectivity index (χ1n) is 10.3. The van der Waals surface area contributed by atoms with Gasteiger partial charge >= 0.3 is 0 Å². The quantitative estimate of drug-likeness (QED) is 0.711. The molecule has 1 N–H and O–H groups in total. The van der Waals surface area contributed by atoms with Crippen molar-refractivity contribution in [2.45, 2.75) is 33.2 Å². The monoisotopic (exact) mass is 418 g/mol. The maximum absolute atomic E-state index is 12.6. The number of carbonyl (C=O) groups excluding carboxylic acids is 3. The molecule has 0 aliphatic carbocycles. The molecule has 0 radical (unpaired) electrons. The molecule has 8 nitrogen and oxygen atoms in total. The van der Waals surface area contributed by atoms with E-state index in [-0.39, 0.29) is 36.4 Å². The van der Waals surface area contributed by atoms with E-state index < -0.39 is 0 Å². The van der Waals surface area contributed by atoms with Gasteiger partial charge in [0.15, 0.2) is 6.61 Å². The van der Waals surface area contributed by atoms with Gasteiger partial charge in [0, 0.05) is 38.8 Å². The smallest absolute Gasteiger partial charge is 0.260 e. The highest BCUT2D eigenvalue weighted by Crippen LogP contribution is 2.16. The van der Waals surface area contributed by atoms with Crippen LogP contribution in [0.15, 0.2) is 24.3 Å². The number of hydrogen-bond donors (Lipinski definition) is 1. The molecule has 0 aromatic heterocycles. The summed E-state index contributed by atoms with van der Waals surface area (Å²) in [5, 5.41) is 2.95. The molecule has 0 atom stereocenters. The summed E-state index contributed by atoms with van der Waals surface area (Å²) in [6.07, 6.45) is 0. The Morgan fingerprint density at radius 3 is 2.33 bits per heavy atom. The van der Waals surface area contributed by atoms with Crippen LogP contribution in [0.2, 0.25) is 0 Å². The molecule has 0 bridgehead atoms. The van der Waals surface area contributed by atoms with Crippen molar-refractivity contribution in [1.29, 1.82) is 0 Å². The van der Waals surface area contributed by atoms with Gasteiger partial charge in [0.1, 0.15) is 5.75 Å². The lowest BCUT2D eigenvalue weighted by Crippen LogP contribution is -2.54. The van der Waals surface area contributed by atoms with Crippen LogP contribution in [0.3, 0.4) is 0 Å². The average Bonchev–Trinajstić information content (AvgIpc) is 2.66. The van der Waals surface area contributed by atoms with Crippen molar-refractivity contribution in [1.82, 2.24) is 20.0 Å². The van der Waals surface area contributed by atoms with Gasteiger partial charge in [0.2, 0.25) is 11.8 Å². The maximum Gasteiger partial charge on any atom is 0.260 e. The van der Waals surface area contributed by atoms with E-state index >= 15 is 0 Å². The minimum atomic E-state index is -0.255. The summed E-state index contributed by atoms with van der Waals surface area (Å²) in [7, 11) is 1.61. The summed E-state index contributed by atoms with van der Waals surface area (Å²) in [4.78, 5) is 42.1. The van der Waals surface area contributed by atoms with E-state index in [1.807, 2.05) is 56.9 Å². The maximum atomic E-state index is 12.6.